The lowest BCUT2D eigenvalue weighted by molar-refractivity contribution is 0.0697. The van der Waals surface area contributed by atoms with Crippen molar-refractivity contribution in [3.63, 3.8) is 0 Å². The zero-order chi connectivity index (χ0) is 10.2. The Labute approximate surface area is 99.7 Å². The van der Waals surface area contributed by atoms with E-state index in [1.54, 1.807) is 6.07 Å². The SMILES string of the molecule is Nc1c(Br)c(Br)cc(Br)c1C(=O)O. The van der Waals surface area contributed by atoms with Crippen molar-refractivity contribution in [3.8, 4) is 0 Å². The molecule has 70 valence electrons. The van der Waals surface area contributed by atoms with Crippen LogP contribution in [0.4, 0.5) is 5.69 Å². The first-order valence-corrected chi connectivity index (χ1v) is 5.49. The first-order valence-electron chi connectivity index (χ1n) is 3.11. The topological polar surface area (TPSA) is 63.3 Å². The summed E-state index contributed by atoms with van der Waals surface area (Å²) < 4.78 is 1.71. The number of hydrogen-bond acceptors (Lipinski definition) is 2. The number of benzene rings is 1. The van der Waals surface area contributed by atoms with E-state index >= 15 is 0 Å². The van der Waals surface area contributed by atoms with Crippen molar-refractivity contribution in [1.29, 1.82) is 0 Å². The zero-order valence-electron chi connectivity index (χ0n) is 6.14. The fraction of sp³-hybridized carbons (Fsp3) is 0. The van der Waals surface area contributed by atoms with Crippen LogP contribution in [-0.4, -0.2) is 11.1 Å². The summed E-state index contributed by atoms with van der Waals surface area (Å²) in [4.78, 5) is 10.8. The van der Waals surface area contributed by atoms with Gasteiger partial charge in [0.2, 0.25) is 0 Å². The Morgan fingerprint density at radius 3 is 2.31 bits per heavy atom. The molecule has 6 heteroatoms. The van der Waals surface area contributed by atoms with Crippen LogP contribution in [0.15, 0.2) is 19.5 Å². The smallest absolute Gasteiger partial charge is 0.338 e. The number of carboxylic acids is 1. The van der Waals surface area contributed by atoms with Crippen LogP contribution in [0.5, 0.6) is 0 Å². The van der Waals surface area contributed by atoms with Gasteiger partial charge in [-0.1, -0.05) is 0 Å². The molecular weight excluding hydrogens is 370 g/mol. The maximum atomic E-state index is 10.8. The second kappa shape index (κ2) is 3.98. The highest BCUT2D eigenvalue weighted by Gasteiger charge is 2.17. The minimum Gasteiger partial charge on any atom is -0.478 e. The Hall–Kier alpha value is -0.0700. The van der Waals surface area contributed by atoms with Crippen LogP contribution >= 0.6 is 47.8 Å². The van der Waals surface area contributed by atoms with Crippen molar-refractivity contribution in [2.75, 3.05) is 5.73 Å². The Morgan fingerprint density at radius 2 is 1.85 bits per heavy atom. The molecule has 0 radical (unpaired) electrons. The molecule has 0 heterocycles. The van der Waals surface area contributed by atoms with E-state index in [4.69, 9.17) is 10.8 Å². The number of anilines is 1. The lowest BCUT2D eigenvalue weighted by Crippen LogP contribution is -2.04. The van der Waals surface area contributed by atoms with Crippen molar-refractivity contribution < 1.29 is 9.90 Å². The first kappa shape index (κ1) is 11.0. The normalized spacial score (nSPS) is 10.1. The Balaban J connectivity index is 3.53. The van der Waals surface area contributed by atoms with Gasteiger partial charge < -0.3 is 10.8 Å². The first-order chi connectivity index (χ1) is 5.95. The molecular formula is C7H4Br3NO2. The Bertz CT molecular complexity index is 378. The average molecular weight is 374 g/mol. The van der Waals surface area contributed by atoms with Gasteiger partial charge >= 0.3 is 5.97 Å². The van der Waals surface area contributed by atoms with E-state index in [1.165, 1.54) is 0 Å². The molecule has 0 spiro atoms. The van der Waals surface area contributed by atoms with E-state index in [0.29, 0.717) is 13.4 Å². The summed E-state index contributed by atoms with van der Waals surface area (Å²) in [5, 5.41) is 8.82. The largest absolute Gasteiger partial charge is 0.478 e. The standard InChI is InChI=1S/C7H4Br3NO2/c8-2-1-3(9)5(10)6(11)4(2)7(12)13/h1H,11H2,(H,12,13). The summed E-state index contributed by atoms with van der Waals surface area (Å²) >= 11 is 9.53. The van der Waals surface area contributed by atoms with Gasteiger partial charge in [-0.05, 0) is 53.9 Å². The van der Waals surface area contributed by atoms with E-state index in [1.807, 2.05) is 0 Å². The number of aromatic carboxylic acids is 1. The molecule has 0 aromatic heterocycles. The lowest BCUT2D eigenvalue weighted by Gasteiger charge is -2.07. The summed E-state index contributed by atoms with van der Waals surface area (Å²) in [5.74, 6) is -1.06. The summed E-state index contributed by atoms with van der Waals surface area (Å²) in [6.45, 7) is 0. The van der Waals surface area contributed by atoms with Crippen LogP contribution in [0.2, 0.25) is 0 Å². The highest BCUT2D eigenvalue weighted by molar-refractivity contribution is 9.13. The minimum absolute atomic E-state index is 0.0649. The summed E-state index contributed by atoms with van der Waals surface area (Å²) in [7, 11) is 0. The van der Waals surface area contributed by atoms with Crippen LogP contribution in [-0.2, 0) is 0 Å². The molecule has 3 N–H and O–H groups in total. The molecule has 0 atom stereocenters. The van der Waals surface area contributed by atoms with E-state index in [9.17, 15) is 4.79 Å². The van der Waals surface area contributed by atoms with Gasteiger partial charge in [0.15, 0.2) is 0 Å². The maximum absolute atomic E-state index is 10.8. The molecule has 0 aliphatic heterocycles. The highest BCUT2D eigenvalue weighted by Crippen LogP contribution is 2.36. The summed E-state index contributed by atoms with van der Waals surface area (Å²) in [6.07, 6.45) is 0. The molecule has 0 saturated carbocycles. The van der Waals surface area contributed by atoms with Crippen LogP contribution < -0.4 is 5.73 Å². The van der Waals surface area contributed by atoms with Gasteiger partial charge in [-0.15, -0.1) is 0 Å². The van der Waals surface area contributed by atoms with Crippen LogP contribution in [0.1, 0.15) is 10.4 Å². The second-order valence-electron chi connectivity index (χ2n) is 2.25. The van der Waals surface area contributed by atoms with Crippen molar-refractivity contribution in [3.05, 3.63) is 25.0 Å². The third-order valence-electron chi connectivity index (χ3n) is 1.42. The van der Waals surface area contributed by atoms with Crippen molar-refractivity contribution >= 4 is 59.4 Å². The van der Waals surface area contributed by atoms with Crippen molar-refractivity contribution in [2.24, 2.45) is 0 Å². The molecule has 0 unspecified atom stereocenters. The van der Waals surface area contributed by atoms with Gasteiger partial charge in [0.1, 0.15) is 0 Å². The van der Waals surface area contributed by atoms with Gasteiger partial charge in [-0.2, -0.15) is 0 Å². The fourth-order valence-corrected chi connectivity index (χ4v) is 2.51. The molecule has 0 bridgehead atoms. The van der Waals surface area contributed by atoms with Gasteiger partial charge in [-0.25, -0.2) is 4.79 Å². The Kier molecular flexibility index (Phi) is 3.37. The number of hydrogen-bond donors (Lipinski definition) is 2. The van der Waals surface area contributed by atoms with E-state index < -0.39 is 5.97 Å². The molecule has 1 aromatic carbocycles. The molecule has 0 aliphatic carbocycles. The third kappa shape index (κ3) is 2.05. The van der Waals surface area contributed by atoms with Crippen molar-refractivity contribution in [1.82, 2.24) is 0 Å². The minimum atomic E-state index is -1.06. The number of rotatable bonds is 1. The predicted octanol–water partition coefficient (Wildman–Crippen LogP) is 3.25. The number of carbonyl (C=O) groups is 1. The van der Waals surface area contributed by atoms with E-state index in [0.717, 1.165) is 0 Å². The van der Waals surface area contributed by atoms with Crippen LogP contribution in [0, 0.1) is 0 Å². The Morgan fingerprint density at radius 1 is 1.31 bits per heavy atom. The third-order valence-corrected chi connectivity index (χ3v) is 4.06. The fourth-order valence-electron chi connectivity index (χ4n) is 0.831. The summed E-state index contributed by atoms with van der Waals surface area (Å²) in [6, 6.07) is 1.63. The van der Waals surface area contributed by atoms with Crippen molar-refractivity contribution in [2.45, 2.75) is 0 Å². The van der Waals surface area contributed by atoms with E-state index in [-0.39, 0.29) is 11.3 Å². The number of nitrogen functional groups attached to an aromatic ring is 1. The maximum Gasteiger partial charge on any atom is 0.338 e. The predicted molar refractivity (Wildman–Crippen MR) is 60.9 cm³/mol. The second-order valence-corrected chi connectivity index (χ2v) is 4.75. The van der Waals surface area contributed by atoms with Crippen LogP contribution in [0.25, 0.3) is 0 Å². The van der Waals surface area contributed by atoms with E-state index in [2.05, 4.69) is 47.8 Å². The van der Waals surface area contributed by atoms with Gasteiger partial charge in [-0.3, -0.25) is 0 Å². The number of nitrogens with two attached hydrogens (primary N) is 1. The average Bonchev–Trinajstić information content (AvgIpc) is 1.99. The molecule has 3 nitrogen and oxygen atoms in total. The zero-order valence-corrected chi connectivity index (χ0v) is 10.9. The van der Waals surface area contributed by atoms with Crippen LogP contribution in [0.3, 0.4) is 0 Å². The monoisotopic (exact) mass is 371 g/mol. The molecule has 0 amide bonds. The van der Waals surface area contributed by atoms with Gasteiger partial charge in [0, 0.05) is 8.95 Å². The molecule has 1 aromatic rings. The molecule has 0 aliphatic rings. The van der Waals surface area contributed by atoms with Gasteiger partial charge in [0.25, 0.3) is 0 Å². The number of carboxylic acid groups (broad SMARTS) is 1. The molecule has 13 heavy (non-hydrogen) atoms. The lowest BCUT2D eigenvalue weighted by atomic mass is 10.2. The van der Waals surface area contributed by atoms with Gasteiger partial charge in [0.05, 0.1) is 15.7 Å². The number of halogens is 3. The quantitative estimate of drug-likeness (QED) is 0.586. The molecule has 0 saturated heterocycles. The molecule has 1 rings (SSSR count). The highest BCUT2D eigenvalue weighted by atomic mass is 79.9. The summed E-state index contributed by atoms with van der Waals surface area (Å²) in [5.41, 5.74) is 5.86. The molecule has 0 fully saturated rings.